The monoisotopic (exact) mass is 204 g/mol. The number of carbonyl (C=O) groups is 1. The molecule has 0 radical (unpaired) electrons. The zero-order chi connectivity index (χ0) is 9.84. The Kier molecular flexibility index (Phi) is 3.48. The van der Waals surface area contributed by atoms with Crippen molar-refractivity contribution in [2.24, 2.45) is 0 Å². The topological polar surface area (TPSA) is 52.6 Å². The van der Waals surface area contributed by atoms with Crippen LogP contribution in [-0.2, 0) is 25.1 Å². The third kappa shape index (κ3) is 2.30. The van der Waals surface area contributed by atoms with E-state index in [1.807, 2.05) is 0 Å². The van der Waals surface area contributed by atoms with E-state index in [-0.39, 0.29) is 11.5 Å². The van der Waals surface area contributed by atoms with Gasteiger partial charge in [-0.2, -0.15) is 0 Å². The minimum Gasteiger partial charge on any atom is -0.496 e. The normalized spacial score (nSPS) is 22.5. The fraction of sp³-hybridized carbons (Fsp3) is 0.625. The second-order valence-corrected chi connectivity index (χ2v) is 4.01. The van der Waals surface area contributed by atoms with Gasteiger partial charge in [-0.25, -0.2) is 4.79 Å². The summed E-state index contributed by atoms with van der Waals surface area (Å²) in [6.07, 6.45) is 0. The number of hydrogen-bond acceptors (Lipinski definition) is 4. The van der Waals surface area contributed by atoms with Crippen molar-refractivity contribution in [1.82, 2.24) is 0 Å². The molecule has 0 aliphatic carbocycles. The lowest BCUT2D eigenvalue weighted by Gasteiger charge is -2.16. The van der Waals surface area contributed by atoms with Gasteiger partial charge in [0.15, 0.2) is 4.91 Å². The molecule has 0 bridgehead atoms. The summed E-state index contributed by atoms with van der Waals surface area (Å²) in [5, 5.41) is 0. The summed E-state index contributed by atoms with van der Waals surface area (Å²) in [6, 6.07) is 0. The van der Waals surface area contributed by atoms with Gasteiger partial charge in [-0.3, -0.25) is 4.21 Å². The largest absolute Gasteiger partial charge is 0.496 e. The van der Waals surface area contributed by atoms with Crippen molar-refractivity contribution >= 4 is 16.8 Å². The van der Waals surface area contributed by atoms with Crippen LogP contribution in [0.5, 0.6) is 0 Å². The SMILES string of the molecule is CCOC(=O)C1=C(C)OCCS1=O. The van der Waals surface area contributed by atoms with Crippen LogP contribution >= 0.6 is 0 Å². The molecule has 0 amide bonds. The Labute approximate surface area is 79.4 Å². The first kappa shape index (κ1) is 10.2. The van der Waals surface area contributed by atoms with Gasteiger partial charge >= 0.3 is 5.97 Å². The summed E-state index contributed by atoms with van der Waals surface area (Å²) < 4.78 is 21.3. The second kappa shape index (κ2) is 4.41. The van der Waals surface area contributed by atoms with Gasteiger partial charge in [-0.15, -0.1) is 0 Å². The van der Waals surface area contributed by atoms with Crippen LogP contribution in [-0.4, -0.2) is 29.1 Å². The molecular weight excluding hydrogens is 192 g/mol. The van der Waals surface area contributed by atoms with Gasteiger partial charge in [0.2, 0.25) is 0 Å². The van der Waals surface area contributed by atoms with Crippen LogP contribution in [0.25, 0.3) is 0 Å². The van der Waals surface area contributed by atoms with Gasteiger partial charge in [0.1, 0.15) is 5.76 Å². The second-order valence-electron chi connectivity index (χ2n) is 2.50. The van der Waals surface area contributed by atoms with E-state index in [2.05, 4.69) is 0 Å². The minimum atomic E-state index is -1.26. The number of hydrogen-bond donors (Lipinski definition) is 0. The van der Waals surface area contributed by atoms with Gasteiger partial charge in [0, 0.05) is 0 Å². The zero-order valence-corrected chi connectivity index (χ0v) is 8.48. The third-order valence-corrected chi connectivity index (χ3v) is 3.04. The van der Waals surface area contributed by atoms with E-state index in [4.69, 9.17) is 9.47 Å². The molecule has 1 heterocycles. The first-order chi connectivity index (χ1) is 6.16. The number of allylic oxidation sites excluding steroid dienone is 1. The molecule has 1 unspecified atom stereocenters. The van der Waals surface area contributed by atoms with Gasteiger partial charge in [-0.1, -0.05) is 0 Å². The Hall–Kier alpha value is -0.840. The number of esters is 1. The van der Waals surface area contributed by atoms with Crippen molar-refractivity contribution in [3.8, 4) is 0 Å². The van der Waals surface area contributed by atoms with Crippen molar-refractivity contribution in [1.29, 1.82) is 0 Å². The quantitative estimate of drug-likeness (QED) is 0.617. The summed E-state index contributed by atoms with van der Waals surface area (Å²) in [5.41, 5.74) is 0. The van der Waals surface area contributed by atoms with Crippen LogP contribution in [0.15, 0.2) is 10.7 Å². The van der Waals surface area contributed by atoms with Crippen LogP contribution in [0.3, 0.4) is 0 Å². The summed E-state index contributed by atoms with van der Waals surface area (Å²) in [4.78, 5) is 11.4. The Morgan fingerprint density at radius 1 is 1.69 bits per heavy atom. The molecular formula is C8H12O4S. The minimum absolute atomic E-state index is 0.174. The van der Waals surface area contributed by atoms with Crippen LogP contribution in [0.2, 0.25) is 0 Å². The molecule has 0 fully saturated rings. The molecule has 0 spiro atoms. The molecule has 13 heavy (non-hydrogen) atoms. The Bertz CT molecular complexity index is 269. The highest BCUT2D eigenvalue weighted by molar-refractivity contribution is 7.90. The van der Waals surface area contributed by atoms with E-state index < -0.39 is 16.8 Å². The van der Waals surface area contributed by atoms with Crippen LogP contribution < -0.4 is 0 Å². The molecule has 0 saturated carbocycles. The molecule has 0 aromatic carbocycles. The summed E-state index contributed by atoms with van der Waals surface area (Å²) in [7, 11) is -1.26. The molecule has 1 atom stereocenters. The first-order valence-electron chi connectivity index (χ1n) is 4.06. The summed E-state index contributed by atoms with van der Waals surface area (Å²) >= 11 is 0. The zero-order valence-electron chi connectivity index (χ0n) is 7.66. The van der Waals surface area contributed by atoms with E-state index >= 15 is 0 Å². The Morgan fingerprint density at radius 3 is 2.92 bits per heavy atom. The summed E-state index contributed by atoms with van der Waals surface area (Å²) in [5.74, 6) is 0.256. The predicted molar refractivity (Wildman–Crippen MR) is 48.3 cm³/mol. The molecule has 5 heteroatoms. The molecule has 0 aromatic rings. The highest BCUT2D eigenvalue weighted by Crippen LogP contribution is 2.17. The molecule has 4 nitrogen and oxygen atoms in total. The Balaban J connectivity index is 2.85. The molecule has 74 valence electrons. The van der Waals surface area contributed by atoms with Gasteiger partial charge in [0.25, 0.3) is 0 Å². The van der Waals surface area contributed by atoms with Crippen molar-refractivity contribution in [3.05, 3.63) is 10.7 Å². The average molecular weight is 204 g/mol. The van der Waals surface area contributed by atoms with Gasteiger partial charge in [-0.05, 0) is 13.8 Å². The standard InChI is InChI=1S/C8H12O4S/c1-3-11-8(9)7-6(2)12-4-5-13(7)10/h3-5H2,1-2H3. The van der Waals surface area contributed by atoms with E-state index in [1.165, 1.54) is 0 Å². The van der Waals surface area contributed by atoms with E-state index in [9.17, 15) is 9.00 Å². The van der Waals surface area contributed by atoms with E-state index in [0.717, 1.165) is 0 Å². The molecule has 1 rings (SSSR count). The first-order valence-corrected chi connectivity index (χ1v) is 5.38. The molecule has 1 aliphatic heterocycles. The fourth-order valence-electron chi connectivity index (χ4n) is 1.03. The average Bonchev–Trinajstić information content (AvgIpc) is 2.04. The van der Waals surface area contributed by atoms with Crippen molar-refractivity contribution in [2.75, 3.05) is 19.0 Å². The highest BCUT2D eigenvalue weighted by atomic mass is 32.2. The molecule has 1 aliphatic rings. The smallest absolute Gasteiger partial charge is 0.350 e. The maximum atomic E-state index is 11.4. The molecule has 0 N–H and O–H groups in total. The van der Waals surface area contributed by atoms with Crippen molar-refractivity contribution < 1.29 is 18.5 Å². The van der Waals surface area contributed by atoms with Crippen LogP contribution in [0.1, 0.15) is 13.8 Å². The third-order valence-electron chi connectivity index (χ3n) is 1.60. The van der Waals surface area contributed by atoms with Crippen LogP contribution in [0.4, 0.5) is 0 Å². The predicted octanol–water partition coefficient (Wildman–Crippen LogP) is 0.560. The number of ether oxygens (including phenoxy) is 2. The maximum absolute atomic E-state index is 11.4. The lowest BCUT2D eigenvalue weighted by atomic mass is 10.4. The van der Waals surface area contributed by atoms with Crippen molar-refractivity contribution in [3.63, 3.8) is 0 Å². The van der Waals surface area contributed by atoms with Crippen LogP contribution in [0, 0.1) is 0 Å². The number of rotatable bonds is 2. The van der Waals surface area contributed by atoms with E-state index in [0.29, 0.717) is 18.1 Å². The van der Waals surface area contributed by atoms with E-state index in [1.54, 1.807) is 13.8 Å². The van der Waals surface area contributed by atoms with Gasteiger partial charge in [0.05, 0.1) is 29.8 Å². The highest BCUT2D eigenvalue weighted by Gasteiger charge is 2.25. The maximum Gasteiger partial charge on any atom is 0.350 e. The Morgan fingerprint density at radius 2 is 2.38 bits per heavy atom. The fourth-order valence-corrected chi connectivity index (χ4v) is 2.09. The van der Waals surface area contributed by atoms with Gasteiger partial charge < -0.3 is 9.47 Å². The lowest BCUT2D eigenvalue weighted by molar-refractivity contribution is -0.137. The summed E-state index contributed by atoms with van der Waals surface area (Å²) in [6.45, 7) is 4.03. The lowest BCUT2D eigenvalue weighted by Crippen LogP contribution is -2.22. The molecule has 0 saturated heterocycles. The number of carbonyl (C=O) groups excluding carboxylic acids is 1. The molecule has 0 aromatic heterocycles. The van der Waals surface area contributed by atoms with Crippen molar-refractivity contribution in [2.45, 2.75) is 13.8 Å².